The van der Waals surface area contributed by atoms with Crippen molar-refractivity contribution in [3.63, 3.8) is 0 Å². The first-order valence-electron chi connectivity index (χ1n) is 9.38. The van der Waals surface area contributed by atoms with E-state index in [1.54, 1.807) is 37.3 Å². The third-order valence-corrected chi connectivity index (χ3v) is 4.61. The lowest BCUT2D eigenvalue weighted by Crippen LogP contribution is -2.19. The van der Waals surface area contributed by atoms with Crippen LogP contribution in [-0.4, -0.2) is 22.4 Å². The SMILES string of the molecule is Cc1nc(C=N)c(NCc2ccc(C3=C/C=CCC/C=C\3C(F)(F)F)cc2)c(=O)[nH]1. The Kier molecular flexibility index (Phi) is 6.34. The van der Waals surface area contributed by atoms with Crippen LogP contribution in [0.1, 0.15) is 35.5 Å². The minimum absolute atomic E-state index is 0.128. The summed E-state index contributed by atoms with van der Waals surface area (Å²) in [4.78, 5) is 18.8. The van der Waals surface area contributed by atoms with Gasteiger partial charge in [-0.25, -0.2) is 4.98 Å². The third kappa shape index (κ3) is 4.94. The van der Waals surface area contributed by atoms with Gasteiger partial charge >= 0.3 is 6.18 Å². The molecule has 0 spiro atoms. The van der Waals surface area contributed by atoms with Crippen LogP contribution >= 0.6 is 0 Å². The summed E-state index contributed by atoms with van der Waals surface area (Å²) in [6, 6.07) is 6.68. The van der Waals surface area contributed by atoms with Gasteiger partial charge in [0.2, 0.25) is 0 Å². The Labute approximate surface area is 171 Å². The molecular formula is C22H21F3N4O. The number of benzene rings is 1. The fourth-order valence-corrected chi connectivity index (χ4v) is 3.18. The van der Waals surface area contributed by atoms with Crippen molar-refractivity contribution in [2.75, 3.05) is 5.32 Å². The van der Waals surface area contributed by atoms with Gasteiger partial charge in [-0.3, -0.25) is 4.79 Å². The van der Waals surface area contributed by atoms with Gasteiger partial charge < -0.3 is 15.7 Å². The van der Waals surface area contributed by atoms with E-state index in [9.17, 15) is 18.0 Å². The fourth-order valence-electron chi connectivity index (χ4n) is 3.18. The molecule has 0 saturated heterocycles. The van der Waals surface area contributed by atoms with Gasteiger partial charge in [0.25, 0.3) is 5.56 Å². The summed E-state index contributed by atoms with van der Waals surface area (Å²) in [6.07, 6.45) is 3.68. The highest BCUT2D eigenvalue weighted by Crippen LogP contribution is 2.37. The number of anilines is 1. The second-order valence-corrected chi connectivity index (χ2v) is 6.81. The normalized spacial score (nSPS) is 17.9. The Morgan fingerprint density at radius 2 is 1.97 bits per heavy atom. The first kappa shape index (κ1) is 21.3. The summed E-state index contributed by atoms with van der Waals surface area (Å²) in [7, 11) is 0. The molecule has 0 aliphatic heterocycles. The van der Waals surface area contributed by atoms with Crippen LogP contribution in [0, 0.1) is 12.3 Å². The lowest BCUT2D eigenvalue weighted by molar-refractivity contribution is -0.0873. The number of halogens is 3. The molecule has 3 rings (SSSR count). The maximum Gasteiger partial charge on any atom is 0.416 e. The summed E-state index contributed by atoms with van der Waals surface area (Å²) in [6.45, 7) is 1.88. The second kappa shape index (κ2) is 8.94. The van der Waals surface area contributed by atoms with Crippen molar-refractivity contribution in [1.29, 1.82) is 5.41 Å². The molecule has 2 aromatic rings. The number of rotatable bonds is 5. The summed E-state index contributed by atoms with van der Waals surface area (Å²) in [5.41, 5.74) is 0.741. The van der Waals surface area contributed by atoms with Crippen molar-refractivity contribution >= 4 is 17.5 Å². The molecule has 1 aromatic carbocycles. The largest absolute Gasteiger partial charge is 0.416 e. The number of aromatic amines is 1. The Balaban J connectivity index is 1.83. The number of nitrogens with zero attached hydrogens (tertiary/aromatic N) is 1. The van der Waals surface area contributed by atoms with E-state index in [0.717, 1.165) is 11.8 Å². The van der Waals surface area contributed by atoms with Gasteiger partial charge in [0, 0.05) is 12.8 Å². The van der Waals surface area contributed by atoms with E-state index < -0.39 is 11.7 Å². The molecule has 0 amide bonds. The number of aromatic nitrogens is 2. The molecule has 0 saturated carbocycles. The van der Waals surface area contributed by atoms with Crippen LogP contribution in [-0.2, 0) is 6.54 Å². The lowest BCUT2D eigenvalue weighted by atomic mass is 9.93. The predicted molar refractivity (Wildman–Crippen MR) is 112 cm³/mol. The topological polar surface area (TPSA) is 81.6 Å². The van der Waals surface area contributed by atoms with E-state index in [1.165, 1.54) is 12.2 Å². The molecule has 1 aliphatic rings. The van der Waals surface area contributed by atoms with Crippen molar-refractivity contribution in [1.82, 2.24) is 9.97 Å². The van der Waals surface area contributed by atoms with Gasteiger partial charge in [-0.1, -0.05) is 48.6 Å². The van der Waals surface area contributed by atoms with Crippen molar-refractivity contribution < 1.29 is 13.2 Å². The standard InChI is InChI=1S/C22H21F3N4O/c1-14-28-19(12-26)20(21(30)29-14)27-13-15-8-10-16(11-9-15)17-6-4-2-3-5-7-18(17)22(23,24)25/h2,4,6-12,26-27H,3,5,13H2,1H3,(H,28,29,30)/b4-2?,17-6-,18-7+,26-12?. The Morgan fingerprint density at radius 1 is 1.23 bits per heavy atom. The highest BCUT2D eigenvalue weighted by atomic mass is 19.4. The molecule has 156 valence electrons. The minimum atomic E-state index is -4.43. The highest BCUT2D eigenvalue weighted by molar-refractivity contribution is 5.83. The maximum absolute atomic E-state index is 13.5. The maximum atomic E-state index is 13.5. The highest BCUT2D eigenvalue weighted by Gasteiger charge is 2.36. The number of aryl methyl sites for hydroxylation is 1. The van der Waals surface area contributed by atoms with Gasteiger partial charge in [0.1, 0.15) is 17.2 Å². The molecule has 0 bridgehead atoms. The zero-order chi connectivity index (χ0) is 21.7. The van der Waals surface area contributed by atoms with E-state index in [2.05, 4.69) is 15.3 Å². The second-order valence-electron chi connectivity index (χ2n) is 6.81. The Hall–Kier alpha value is -3.42. The van der Waals surface area contributed by atoms with E-state index in [4.69, 9.17) is 5.41 Å². The molecule has 0 radical (unpaired) electrons. The molecule has 1 aromatic heterocycles. The van der Waals surface area contributed by atoms with Crippen molar-refractivity contribution in [3.05, 3.63) is 87.1 Å². The molecule has 0 unspecified atom stereocenters. The Bertz CT molecular complexity index is 1080. The van der Waals surface area contributed by atoms with Gasteiger partial charge in [0.15, 0.2) is 0 Å². The van der Waals surface area contributed by atoms with Crippen LogP contribution in [0.4, 0.5) is 18.9 Å². The minimum Gasteiger partial charge on any atom is -0.375 e. The number of nitrogens with one attached hydrogen (secondary N) is 3. The molecule has 5 nitrogen and oxygen atoms in total. The molecule has 0 fully saturated rings. The van der Waals surface area contributed by atoms with E-state index >= 15 is 0 Å². The van der Waals surface area contributed by atoms with Crippen molar-refractivity contribution in [2.24, 2.45) is 0 Å². The Morgan fingerprint density at radius 3 is 2.63 bits per heavy atom. The molecule has 1 heterocycles. The monoisotopic (exact) mass is 414 g/mol. The zero-order valence-electron chi connectivity index (χ0n) is 16.3. The first-order chi connectivity index (χ1) is 14.3. The molecule has 30 heavy (non-hydrogen) atoms. The smallest absolute Gasteiger partial charge is 0.375 e. The van der Waals surface area contributed by atoms with Gasteiger partial charge in [0.05, 0.1) is 5.57 Å². The molecule has 3 N–H and O–H groups in total. The predicted octanol–water partition coefficient (Wildman–Crippen LogP) is 4.91. The van der Waals surface area contributed by atoms with Gasteiger partial charge in [-0.15, -0.1) is 0 Å². The summed E-state index contributed by atoms with van der Waals surface area (Å²) in [5.74, 6) is 0.406. The fraction of sp³-hybridized carbons (Fsp3) is 0.227. The molecule has 0 atom stereocenters. The van der Waals surface area contributed by atoms with Crippen LogP contribution in [0.3, 0.4) is 0 Å². The van der Waals surface area contributed by atoms with Crippen LogP contribution in [0.25, 0.3) is 5.57 Å². The van der Waals surface area contributed by atoms with Crippen LogP contribution in [0.5, 0.6) is 0 Å². The molecule has 1 aliphatic carbocycles. The van der Waals surface area contributed by atoms with E-state index in [1.807, 2.05) is 6.08 Å². The number of H-pyrrole nitrogens is 1. The number of hydrogen-bond acceptors (Lipinski definition) is 4. The summed E-state index contributed by atoms with van der Waals surface area (Å²) >= 11 is 0. The van der Waals surface area contributed by atoms with E-state index in [-0.39, 0.29) is 29.1 Å². The van der Waals surface area contributed by atoms with Gasteiger partial charge in [-0.05, 0) is 36.5 Å². The van der Waals surface area contributed by atoms with Crippen LogP contribution in [0.15, 0.2) is 58.9 Å². The van der Waals surface area contributed by atoms with Crippen LogP contribution in [0.2, 0.25) is 0 Å². The molecular weight excluding hydrogens is 393 g/mol. The molecule has 8 heteroatoms. The third-order valence-electron chi connectivity index (χ3n) is 4.61. The average Bonchev–Trinajstić information content (AvgIpc) is 2.66. The number of hydrogen-bond donors (Lipinski definition) is 3. The summed E-state index contributed by atoms with van der Waals surface area (Å²) in [5, 5.41) is 10.4. The van der Waals surface area contributed by atoms with Crippen molar-refractivity contribution in [2.45, 2.75) is 32.5 Å². The van der Waals surface area contributed by atoms with Crippen molar-refractivity contribution in [3.8, 4) is 0 Å². The van der Waals surface area contributed by atoms with Gasteiger partial charge in [-0.2, -0.15) is 13.2 Å². The average molecular weight is 414 g/mol. The van der Waals surface area contributed by atoms with Crippen LogP contribution < -0.4 is 10.9 Å². The zero-order valence-corrected chi connectivity index (χ0v) is 16.3. The van der Waals surface area contributed by atoms with E-state index in [0.29, 0.717) is 24.2 Å². The lowest BCUT2D eigenvalue weighted by Gasteiger charge is -2.17. The first-order valence-corrected chi connectivity index (χ1v) is 9.38. The number of alkyl halides is 3. The quantitative estimate of drug-likeness (QED) is 0.608. The summed E-state index contributed by atoms with van der Waals surface area (Å²) < 4.78 is 40.5. The number of allylic oxidation sites excluding steroid dienone is 6.